The predicted octanol–water partition coefficient (Wildman–Crippen LogP) is 1.88. The summed E-state index contributed by atoms with van der Waals surface area (Å²) in [6, 6.07) is 18.6. The normalized spacial score (nSPS) is 20.3. The van der Waals surface area contributed by atoms with E-state index >= 15 is 0 Å². The maximum Gasteiger partial charge on any atom is 0.250 e. The van der Waals surface area contributed by atoms with Crippen molar-refractivity contribution in [2.45, 2.75) is 18.6 Å². The van der Waals surface area contributed by atoms with Gasteiger partial charge in [-0.1, -0.05) is 47.6 Å². The molecule has 0 spiro atoms. The van der Waals surface area contributed by atoms with Gasteiger partial charge in [-0.3, -0.25) is 0 Å². The number of hydrogen-bond donors (Lipinski definition) is 1. The Morgan fingerprint density at radius 1 is 1.04 bits per heavy atom. The van der Waals surface area contributed by atoms with Gasteiger partial charge < -0.3 is 15.4 Å². The van der Waals surface area contributed by atoms with Crippen LogP contribution in [0.1, 0.15) is 6.42 Å². The summed E-state index contributed by atoms with van der Waals surface area (Å²) in [7, 11) is 1.69. The molecule has 2 aromatic carbocycles. The molecule has 0 saturated carbocycles. The molecule has 26 heavy (non-hydrogen) atoms. The van der Waals surface area contributed by atoms with E-state index in [2.05, 4.69) is 44.7 Å². The highest BCUT2D eigenvalue weighted by Crippen LogP contribution is 2.24. The minimum absolute atomic E-state index is 0.0191. The van der Waals surface area contributed by atoms with Crippen LogP contribution in [0.25, 0.3) is 16.8 Å². The lowest BCUT2D eigenvalue weighted by atomic mass is 10.0. The van der Waals surface area contributed by atoms with Crippen molar-refractivity contribution in [3.05, 3.63) is 54.6 Å². The zero-order valence-electron chi connectivity index (χ0n) is 14.7. The first-order valence-corrected chi connectivity index (χ1v) is 8.74. The van der Waals surface area contributed by atoms with Crippen LogP contribution < -0.4 is 10.6 Å². The maximum atomic E-state index is 6.12. The van der Waals surface area contributed by atoms with Crippen molar-refractivity contribution in [3.63, 3.8) is 0 Å². The van der Waals surface area contributed by atoms with E-state index in [9.17, 15) is 0 Å². The highest BCUT2D eigenvalue weighted by molar-refractivity contribution is 5.64. The van der Waals surface area contributed by atoms with Crippen LogP contribution in [0, 0.1) is 0 Å². The third-order valence-electron chi connectivity index (χ3n) is 4.87. The van der Waals surface area contributed by atoms with Crippen molar-refractivity contribution in [2.24, 2.45) is 5.73 Å². The first-order chi connectivity index (χ1) is 12.8. The van der Waals surface area contributed by atoms with Crippen molar-refractivity contribution in [3.8, 4) is 16.8 Å². The molecule has 1 aliphatic rings. The number of piperidine rings is 1. The highest BCUT2D eigenvalue weighted by atomic mass is 16.5. The van der Waals surface area contributed by atoms with Crippen LogP contribution in [-0.4, -0.2) is 52.6 Å². The second kappa shape index (κ2) is 7.23. The molecule has 134 valence electrons. The van der Waals surface area contributed by atoms with Gasteiger partial charge in [-0.05, 0) is 40.1 Å². The van der Waals surface area contributed by atoms with Crippen molar-refractivity contribution < 1.29 is 4.74 Å². The maximum absolute atomic E-state index is 6.12. The molecular weight excluding hydrogens is 328 g/mol. The fourth-order valence-corrected chi connectivity index (χ4v) is 3.34. The Bertz CT molecular complexity index is 848. The van der Waals surface area contributed by atoms with E-state index in [1.54, 1.807) is 11.8 Å². The quantitative estimate of drug-likeness (QED) is 0.774. The van der Waals surface area contributed by atoms with Crippen LogP contribution in [0.2, 0.25) is 0 Å². The Morgan fingerprint density at radius 3 is 2.50 bits per heavy atom. The average molecular weight is 350 g/mol. The van der Waals surface area contributed by atoms with Gasteiger partial charge in [-0.25, -0.2) is 0 Å². The van der Waals surface area contributed by atoms with Gasteiger partial charge in [0.05, 0.1) is 11.8 Å². The topological polar surface area (TPSA) is 82.1 Å². The number of rotatable bonds is 4. The summed E-state index contributed by atoms with van der Waals surface area (Å²) in [6.45, 7) is 1.49. The van der Waals surface area contributed by atoms with Gasteiger partial charge in [0.2, 0.25) is 5.95 Å². The van der Waals surface area contributed by atoms with Gasteiger partial charge in [-0.15, -0.1) is 0 Å². The Morgan fingerprint density at radius 2 is 1.77 bits per heavy atom. The molecule has 7 heteroatoms. The molecular formula is C19H22N6O. The van der Waals surface area contributed by atoms with Gasteiger partial charge >= 0.3 is 0 Å². The van der Waals surface area contributed by atoms with E-state index in [0.717, 1.165) is 24.2 Å². The summed E-state index contributed by atoms with van der Waals surface area (Å²) in [5.41, 5.74) is 9.38. The number of ether oxygens (including phenoxy) is 1. The fourth-order valence-electron chi connectivity index (χ4n) is 3.34. The van der Waals surface area contributed by atoms with E-state index in [1.807, 2.05) is 30.3 Å². The van der Waals surface area contributed by atoms with Gasteiger partial charge in [0.1, 0.15) is 0 Å². The molecule has 1 aromatic heterocycles. The fraction of sp³-hybridized carbons (Fsp3) is 0.316. The molecule has 2 heterocycles. The summed E-state index contributed by atoms with van der Waals surface area (Å²) in [4.78, 5) is 2.13. The first kappa shape index (κ1) is 16.7. The van der Waals surface area contributed by atoms with Crippen LogP contribution in [-0.2, 0) is 4.74 Å². The summed E-state index contributed by atoms with van der Waals surface area (Å²) < 4.78 is 7.26. The van der Waals surface area contributed by atoms with Crippen molar-refractivity contribution in [1.29, 1.82) is 0 Å². The summed E-state index contributed by atoms with van der Waals surface area (Å²) in [5, 5.41) is 12.3. The molecule has 1 aliphatic heterocycles. The molecule has 7 nitrogen and oxygen atoms in total. The smallest absolute Gasteiger partial charge is 0.250 e. The monoisotopic (exact) mass is 350 g/mol. The molecule has 0 bridgehead atoms. The molecule has 2 N–H and O–H groups in total. The predicted molar refractivity (Wildman–Crippen MR) is 100 cm³/mol. The molecule has 0 unspecified atom stereocenters. The minimum Gasteiger partial charge on any atom is -0.378 e. The van der Waals surface area contributed by atoms with E-state index in [-0.39, 0.29) is 12.1 Å². The van der Waals surface area contributed by atoms with Crippen molar-refractivity contribution >= 4 is 5.95 Å². The molecule has 0 aliphatic carbocycles. The van der Waals surface area contributed by atoms with Gasteiger partial charge in [0, 0.05) is 26.2 Å². The Hall–Kier alpha value is -2.77. The average Bonchev–Trinajstić information content (AvgIpc) is 3.19. The van der Waals surface area contributed by atoms with Crippen LogP contribution >= 0.6 is 0 Å². The molecule has 1 saturated heterocycles. The lowest BCUT2D eigenvalue weighted by molar-refractivity contribution is 0.0725. The number of anilines is 1. The van der Waals surface area contributed by atoms with Gasteiger partial charge in [0.15, 0.2) is 0 Å². The molecule has 3 aromatic rings. The van der Waals surface area contributed by atoms with Crippen molar-refractivity contribution in [2.75, 3.05) is 25.1 Å². The molecule has 2 atom stereocenters. The molecule has 1 fully saturated rings. The van der Waals surface area contributed by atoms with E-state index in [1.165, 1.54) is 5.56 Å². The zero-order chi connectivity index (χ0) is 17.9. The van der Waals surface area contributed by atoms with Crippen LogP contribution in [0.3, 0.4) is 0 Å². The zero-order valence-corrected chi connectivity index (χ0v) is 14.7. The Kier molecular flexibility index (Phi) is 4.64. The lowest BCUT2D eigenvalue weighted by Gasteiger charge is -2.35. The number of nitrogens with zero attached hydrogens (tertiary/aromatic N) is 5. The Labute approximate surface area is 152 Å². The van der Waals surface area contributed by atoms with Crippen LogP contribution in [0.4, 0.5) is 5.95 Å². The summed E-state index contributed by atoms with van der Waals surface area (Å²) in [6.07, 6.45) is 0.826. The first-order valence-electron chi connectivity index (χ1n) is 8.74. The van der Waals surface area contributed by atoms with E-state index < -0.39 is 0 Å². The number of hydrogen-bond acceptors (Lipinski definition) is 6. The SMILES string of the molecule is CO[C@@H]1CN(c2nnnn2-c2ccc(-c3ccccc3)cc2)CC[C@@H]1N. The van der Waals surface area contributed by atoms with E-state index in [0.29, 0.717) is 12.5 Å². The largest absolute Gasteiger partial charge is 0.378 e. The van der Waals surface area contributed by atoms with Gasteiger partial charge in [-0.2, -0.15) is 4.68 Å². The molecule has 0 radical (unpaired) electrons. The second-order valence-electron chi connectivity index (χ2n) is 6.48. The highest BCUT2D eigenvalue weighted by Gasteiger charge is 2.29. The number of tetrazole rings is 1. The summed E-state index contributed by atoms with van der Waals surface area (Å²) >= 11 is 0. The number of aromatic nitrogens is 4. The van der Waals surface area contributed by atoms with Gasteiger partial charge in [0.25, 0.3) is 0 Å². The number of nitrogens with two attached hydrogens (primary N) is 1. The Balaban J connectivity index is 1.59. The third kappa shape index (κ3) is 3.18. The van der Waals surface area contributed by atoms with Crippen molar-refractivity contribution in [1.82, 2.24) is 20.2 Å². The number of methoxy groups -OCH3 is 1. The number of benzene rings is 2. The van der Waals surface area contributed by atoms with E-state index in [4.69, 9.17) is 10.5 Å². The standard InChI is InChI=1S/C19H22N6O/c1-26-18-13-24(12-11-17(18)20)19-21-22-23-25(19)16-9-7-15(8-10-16)14-5-3-2-4-6-14/h2-10,17-18H,11-13,20H2,1H3/t17-,18+/m0/s1. The molecule has 4 rings (SSSR count). The second-order valence-corrected chi connectivity index (χ2v) is 6.48. The minimum atomic E-state index is -0.0191. The van der Waals surface area contributed by atoms with Crippen LogP contribution in [0.15, 0.2) is 54.6 Å². The lowest BCUT2D eigenvalue weighted by Crippen LogP contribution is -2.52. The molecule has 0 amide bonds. The van der Waals surface area contributed by atoms with Crippen LogP contribution in [0.5, 0.6) is 0 Å². The summed E-state index contributed by atoms with van der Waals surface area (Å²) in [5.74, 6) is 0.714. The third-order valence-corrected chi connectivity index (χ3v) is 4.87.